The number of hydrogen-bond acceptors (Lipinski definition) is 4. The van der Waals surface area contributed by atoms with Gasteiger partial charge in [-0.2, -0.15) is 8.42 Å². The summed E-state index contributed by atoms with van der Waals surface area (Å²) in [4.78, 5) is 12.9. The third kappa shape index (κ3) is 3.43. The Labute approximate surface area is 169 Å². The van der Waals surface area contributed by atoms with Crippen LogP contribution in [0, 0.1) is 17.3 Å². The Morgan fingerprint density at radius 1 is 1.37 bits per heavy atom. The highest BCUT2D eigenvalue weighted by molar-refractivity contribution is 7.85. The third-order valence-electron chi connectivity index (χ3n) is 5.92. The molecule has 27 heavy (non-hydrogen) atoms. The Balaban J connectivity index is 2.07. The van der Waals surface area contributed by atoms with E-state index in [4.69, 9.17) is 27.4 Å². The van der Waals surface area contributed by atoms with Gasteiger partial charge in [-0.1, -0.05) is 43.1 Å². The Morgan fingerprint density at radius 2 is 2.04 bits per heavy atom. The Bertz CT molecular complexity index is 875. The van der Waals surface area contributed by atoms with Crippen molar-refractivity contribution < 1.29 is 22.5 Å². The van der Waals surface area contributed by atoms with Crippen LogP contribution in [0.25, 0.3) is 0 Å². The normalized spacial score (nSPS) is 29.9. The second kappa shape index (κ2) is 6.79. The first-order valence-electron chi connectivity index (χ1n) is 8.71. The second-order valence-corrected chi connectivity index (χ2v) is 10.5. The van der Waals surface area contributed by atoms with Crippen LogP contribution in [0.2, 0.25) is 10.0 Å². The lowest BCUT2D eigenvalue weighted by molar-refractivity contribution is 0.130. The predicted octanol–water partition coefficient (Wildman–Crippen LogP) is 3.86. The highest BCUT2D eigenvalue weighted by Gasteiger charge is 2.80. The Kier molecular flexibility index (Phi) is 5.21. The van der Waals surface area contributed by atoms with Gasteiger partial charge in [0.2, 0.25) is 0 Å². The summed E-state index contributed by atoms with van der Waals surface area (Å²) in [5.41, 5.74) is -0.154. The average Bonchev–Trinajstić information content (AvgIpc) is 2.83. The van der Waals surface area contributed by atoms with Gasteiger partial charge in [-0.15, -0.1) is 0 Å². The van der Waals surface area contributed by atoms with Crippen molar-refractivity contribution in [2.24, 2.45) is 17.3 Å². The molecule has 0 aromatic heterocycles. The molecule has 1 aliphatic heterocycles. The van der Waals surface area contributed by atoms with Crippen LogP contribution in [-0.4, -0.2) is 50.5 Å². The van der Waals surface area contributed by atoms with Gasteiger partial charge >= 0.3 is 6.09 Å². The number of rotatable bonds is 6. The van der Waals surface area contributed by atoms with Crippen LogP contribution in [0.4, 0.5) is 4.79 Å². The summed E-state index contributed by atoms with van der Waals surface area (Å²) in [6, 6.07) is 5.28. The van der Waals surface area contributed by atoms with Crippen molar-refractivity contribution in [1.29, 1.82) is 0 Å². The van der Waals surface area contributed by atoms with Crippen molar-refractivity contribution in [2.75, 3.05) is 26.0 Å². The molecule has 0 radical (unpaired) electrons. The molecule has 1 aliphatic carbocycles. The molecule has 3 atom stereocenters. The monoisotopic (exact) mass is 435 g/mol. The molecule has 150 valence electrons. The SMILES string of the molecule is CC(C)CC12CN(C(=O)O)CC1C2(COS(C)(=O)=O)c1ccc(Cl)c(Cl)c1. The fourth-order valence-electron chi connectivity index (χ4n) is 5.02. The molecule has 9 heteroatoms. The highest BCUT2D eigenvalue weighted by Crippen LogP contribution is 2.75. The molecule has 0 bridgehead atoms. The van der Waals surface area contributed by atoms with Crippen molar-refractivity contribution in [3.8, 4) is 0 Å². The molecule has 1 heterocycles. The molecular weight excluding hydrogens is 413 g/mol. The van der Waals surface area contributed by atoms with Crippen molar-refractivity contribution in [2.45, 2.75) is 25.7 Å². The number of halogens is 2. The summed E-state index contributed by atoms with van der Waals surface area (Å²) in [5.74, 6) is 0.270. The fraction of sp³-hybridized carbons (Fsp3) is 0.611. The maximum Gasteiger partial charge on any atom is 0.407 e. The van der Waals surface area contributed by atoms with Gasteiger partial charge < -0.3 is 10.0 Å². The molecule has 1 aromatic carbocycles. The molecular formula is C18H23Cl2NO5S. The smallest absolute Gasteiger partial charge is 0.407 e. The number of fused-ring (bicyclic) bond motifs is 1. The van der Waals surface area contributed by atoms with E-state index in [1.165, 1.54) is 4.90 Å². The van der Waals surface area contributed by atoms with E-state index in [1.54, 1.807) is 12.1 Å². The van der Waals surface area contributed by atoms with Crippen LogP contribution in [-0.2, 0) is 19.7 Å². The van der Waals surface area contributed by atoms with Crippen molar-refractivity contribution in [3.05, 3.63) is 33.8 Å². The van der Waals surface area contributed by atoms with Gasteiger partial charge in [0.05, 0.1) is 22.9 Å². The van der Waals surface area contributed by atoms with E-state index >= 15 is 0 Å². The Morgan fingerprint density at radius 3 is 2.56 bits per heavy atom. The average molecular weight is 436 g/mol. The fourth-order valence-corrected chi connectivity index (χ4v) is 5.72. The van der Waals surface area contributed by atoms with E-state index in [2.05, 4.69) is 13.8 Å². The molecule has 1 saturated carbocycles. The van der Waals surface area contributed by atoms with Gasteiger partial charge in [0, 0.05) is 23.9 Å². The maximum absolute atomic E-state index is 11.7. The van der Waals surface area contributed by atoms with E-state index in [9.17, 15) is 18.3 Å². The summed E-state index contributed by atoms with van der Waals surface area (Å²) in [6.45, 7) is 4.80. The molecule has 1 saturated heterocycles. The second-order valence-electron chi connectivity index (χ2n) is 8.04. The number of hydrogen-bond donors (Lipinski definition) is 1. The van der Waals surface area contributed by atoms with Crippen LogP contribution in [0.3, 0.4) is 0 Å². The zero-order valence-corrected chi connectivity index (χ0v) is 17.7. The summed E-state index contributed by atoms with van der Waals surface area (Å²) in [7, 11) is -3.65. The molecule has 1 aromatic rings. The van der Waals surface area contributed by atoms with Crippen LogP contribution in [0.1, 0.15) is 25.8 Å². The van der Waals surface area contributed by atoms with Gasteiger partial charge in [-0.25, -0.2) is 4.79 Å². The molecule has 0 spiro atoms. The molecule has 2 fully saturated rings. The quantitative estimate of drug-likeness (QED) is 0.685. The molecule has 1 amide bonds. The number of benzene rings is 1. The Hall–Kier alpha value is -1.02. The van der Waals surface area contributed by atoms with E-state index < -0.39 is 21.6 Å². The minimum Gasteiger partial charge on any atom is -0.465 e. The predicted molar refractivity (Wildman–Crippen MR) is 104 cm³/mol. The van der Waals surface area contributed by atoms with Gasteiger partial charge in [-0.3, -0.25) is 4.18 Å². The van der Waals surface area contributed by atoms with Gasteiger partial charge in [-0.05, 0) is 36.0 Å². The largest absolute Gasteiger partial charge is 0.465 e. The van der Waals surface area contributed by atoms with Crippen LogP contribution >= 0.6 is 23.2 Å². The van der Waals surface area contributed by atoms with Gasteiger partial charge in [0.15, 0.2) is 0 Å². The zero-order valence-electron chi connectivity index (χ0n) is 15.4. The first kappa shape index (κ1) is 20.7. The van der Waals surface area contributed by atoms with Crippen molar-refractivity contribution >= 4 is 39.4 Å². The number of carbonyl (C=O) groups is 1. The first-order valence-corrected chi connectivity index (χ1v) is 11.3. The van der Waals surface area contributed by atoms with E-state index in [1.807, 2.05) is 6.07 Å². The number of amides is 1. The molecule has 6 nitrogen and oxygen atoms in total. The molecule has 3 rings (SSSR count). The molecule has 2 aliphatic rings. The van der Waals surface area contributed by atoms with Gasteiger partial charge in [0.1, 0.15) is 0 Å². The highest BCUT2D eigenvalue weighted by atomic mass is 35.5. The first-order chi connectivity index (χ1) is 12.4. The molecule has 1 N–H and O–H groups in total. The lowest BCUT2D eigenvalue weighted by Gasteiger charge is -2.31. The topological polar surface area (TPSA) is 83.9 Å². The zero-order chi connectivity index (χ0) is 20.2. The van der Waals surface area contributed by atoms with Crippen LogP contribution in [0.5, 0.6) is 0 Å². The lowest BCUT2D eigenvalue weighted by Crippen LogP contribution is -2.40. The standard InChI is InChI=1S/C18H23Cl2NO5S/c1-11(2)7-17-9-21(16(22)23)8-15(17)18(17,10-26-27(3,24)25)12-4-5-13(19)14(20)6-12/h4-6,11,15H,7-10H2,1-3H3,(H,22,23). The summed E-state index contributed by atoms with van der Waals surface area (Å²) in [5, 5.41) is 10.2. The van der Waals surface area contributed by atoms with Crippen molar-refractivity contribution in [1.82, 2.24) is 4.90 Å². The number of nitrogens with zero attached hydrogens (tertiary/aromatic N) is 1. The number of carboxylic acid groups (broad SMARTS) is 1. The number of piperidine rings is 1. The summed E-state index contributed by atoms with van der Waals surface area (Å²) in [6.07, 6.45) is 0.818. The minimum absolute atomic E-state index is 0.0331. The van der Waals surface area contributed by atoms with Crippen molar-refractivity contribution in [3.63, 3.8) is 0 Å². The van der Waals surface area contributed by atoms with Crippen LogP contribution in [0.15, 0.2) is 18.2 Å². The van der Waals surface area contributed by atoms with E-state index in [0.717, 1.165) is 18.2 Å². The number of likely N-dealkylation sites (tertiary alicyclic amines) is 1. The maximum atomic E-state index is 11.7. The summed E-state index contributed by atoms with van der Waals surface area (Å²) >= 11 is 12.3. The van der Waals surface area contributed by atoms with Crippen LogP contribution < -0.4 is 0 Å². The van der Waals surface area contributed by atoms with E-state index in [-0.39, 0.29) is 17.9 Å². The van der Waals surface area contributed by atoms with Gasteiger partial charge in [0.25, 0.3) is 10.1 Å². The summed E-state index contributed by atoms with van der Waals surface area (Å²) < 4.78 is 28.7. The lowest BCUT2D eigenvalue weighted by atomic mass is 9.81. The third-order valence-corrected chi connectivity index (χ3v) is 7.21. The minimum atomic E-state index is -3.65. The van der Waals surface area contributed by atoms with E-state index in [0.29, 0.717) is 29.1 Å². The molecule has 3 unspecified atom stereocenters.